The summed E-state index contributed by atoms with van der Waals surface area (Å²) in [5.41, 5.74) is 7.48. The number of nitrogen functional groups attached to an aromatic ring is 1. The van der Waals surface area contributed by atoms with Gasteiger partial charge < -0.3 is 11.1 Å². The lowest BCUT2D eigenvalue weighted by Gasteiger charge is -2.03. The van der Waals surface area contributed by atoms with E-state index < -0.39 is 0 Å². The number of hydrogen-bond acceptors (Lipinski definition) is 2. The zero-order valence-corrected chi connectivity index (χ0v) is 8.03. The summed E-state index contributed by atoms with van der Waals surface area (Å²) in [7, 11) is 0. The Morgan fingerprint density at radius 1 is 1.25 bits per heavy atom. The number of halogens is 1. The van der Waals surface area contributed by atoms with Gasteiger partial charge in [0.1, 0.15) is 0 Å². The van der Waals surface area contributed by atoms with E-state index in [1.165, 1.54) is 0 Å². The molecule has 68 valence electrons. The molecule has 12 heavy (non-hydrogen) atoms. The van der Waals surface area contributed by atoms with Crippen LogP contribution in [0.25, 0.3) is 0 Å². The Kier molecular flexibility index (Phi) is 5.30. The minimum atomic E-state index is 0. The Morgan fingerprint density at radius 2 is 1.83 bits per heavy atom. The summed E-state index contributed by atoms with van der Waals surface area (Å²) in [5, 5.41) is 3.27. The van der Waals surface area contributed by atoms with E-state index in [1.54, 1.807) is 0 Å². The van der Waals surface area contributed by atoms with Crippen LogP contribution in [0.15, 0.2) is 24.3 Å². The van der Waals surface area contributed by atoms with Crippen molar-refractivity contribution in [1.82, 2.24) is 0 Å². The van der Waals surface area contributed by atoms with Crippen LogP contribution in [0.2, 0.25) is 0 Å². The first-order valence-corrected chi connectivity index (χ1v) is 3.92. The lowest BCUT2D eigenvalue weighted by atomic mass is 10.3. The van der Waals surface area contributed by atoms with Crippen molar-refractivity contribution in [3.05, 3.63) is 24.3 Å². The van der Waals surface area contributed by atoms with Gasteiger partial charge in [0.25, 0.3) is 0 Å². The van der Waals surface area contributed by atoms with E-state index in [0.29, 0.717) is 0 Å². The molecule has 0 unspecified atom stereocenters. The molecule has 3 N–H and O–H groups in total. The highest BCUT2D eigenvalue weighted by Crippen LogP contribution is 2.09. The Balaban J connectivity index is 0.00000121. The number of nitrogens with two attached hydrogens (primary N) is 1. The van der Waals surface area contributed by atoms with Crippen LogP contribution in [-0.4, -0.2) is 6.54 Å². The molecule has 2 nitrogen and oxygen atoms in total. The van der Waals surface area contributed by atoms with E-state index in [2.05, 4.69) is 12.2 Å². The Bertz CT molecular complexity index is 208. The minimum Gasteiger partial charge on any atom is -0.399 e. The molecule has 1 aromatic rings. The van der Waals surface area contributed by atoms with Gasteiger partial charge in [0.05, 0.1) is 0 Å². The molecule has 0 fully saturated rings. The van der Waals surface area contributed by atoms with Gasteiger partial charge in [-0.3, -0.25) is 0 Å². The monoisotopic (exact) mass is 186 g/mol. The zero-order valence-electron chi connectivity index (χ0n) is 7.21. The average Bonchev–Trinajstić information content (AvgIpc) is 2.04. The van der Waals surface area contributed by atoms with E-state index in [-0.39, 0.29) is 12.4 Å². The van der Waals surface area contributed by atoms with Gasteiger partial charge in [-0.05, 0) is 30.7 Å². The van der Waals surface area contributed by atoms with Gasteiger partial charge in [-0.2, -0.15) is 0 Å². The van der Waals surface area contributed by atoms with Crippen LogP contribution >= 0.6 is 12.4 Å². The second-order valence-corrected chi connectivity index (χ2v) is 2.55. The Morgan fingerprint density at radius 3 is 2.33 bits per heavy atom. The third-order valence-corrected chi connectivity index (χ3v) is 1.49. The smallest absolute Gasteiger partial charge is 0.0341 e. The molecular formula is C9H15ClN2. The first-order chi connectivity index (χ1) is 5.33. The molecule has 0 bridgehead atoms. The van der Waals surface area contributed by atoms with Crippen LogP contribution in [-0.2, 0) is 0 Å². The molecule has 0 radical (unpaired) electrons. The van der Waals surface area contributed by atoms with Crippen LogP contribution in [0.4, 0.5) is 11.4 Å². The van der Waals surface area contributed by atoms with E-state index in [0.717, 1.165) is 24.3 Å². The normalized spacial score (nSPS) is 8.75. The van der Waals surface area contributed by atoms with Crippen molar-refractivity contribution in [3.63, 3.8) is 0 Å². The van der Waals surface area contributed by atoms with Crippen LogP contribution in [0.3, 0.4) is 0 Å². The molecule has 0 aliphatic rings. The first kappa shape index (κ1) is 11.1. The second-order valence-electron chi connectivity index (χ2n) is 2.55. The quantitative estimate of drug-likeness (QED) is 0.712. The highest BCUT2D eigenvalue weighted by molar-refractivity contribution is 5.85. The molecular weight excluding hydrogens is 172 g/mol. The molecule has 3 heteroatoms. The van der Waals surface area contributed by atoms with Gasteiger partial charge in [0.15, 0.2) is 0 Å². The molecule has 0 atom stereocenters. The summed E-state index contributed by atoms with van der Waals surface area (Å²) in [4.78, 5) is 0. The topological polar surface area (TPSA) is 38.0 Å². The van der Waals surface area contributed by atoms with E-state index in [4.69, 9.17) is 5.73 Å². The van der Waals surface area contributed by atoms with Gasteiger partial charge >= 0.3 is 0 Å². The summed E-state index contributed by atoms with van der Waals surface area (Å²) in [6.07, 6.45) is 1.14. The third-order valence-electron chi connectivity index (χ3n) is 1.49. The van der Waals surface area contributed by atoms with E-state index in [1.807, 2.05) is 24.3 Å². The molecule has 1 rings (SSSR count). The van der Waals surface area contributed by atoms with Gasteiger partial charge in [0.2, 0.25) is 0 Å². The maximum atomic E-state index is 5.53. The Hall–Kier alpha value is -0.890. The van der Waals surface area contributed by atoms with Gasteiger partial charge in [-0.15, -0.1) is 12.4 Å². The van der Waals surface area contributed by atoms with Crippen LogP contribution in [0, 0.1) is 0 Å². The van der Waals surface area contributed by atoms with Gasteiger partial charge in [-0.1, -0.05) is 6.92 Å². The predicted octanol–water partition coefficient (Wildman–Crippen LogP) is 2.51. The summed E-state index contributed by atoms with van der Waals surface area (Å²) in [6.45, 7) is 3.16. The second kappa shape index (κ2) is 5.72. The summed E-state index contributed by atoms with van der Waals surface area (Å²) < 4.78 is 0. The molecule has 1 aromatic carbocycles. The van der Waals surface area contributed by atoms with Crippen molar-refractivity contribution >= 4 is 23.8 Å². The number of anilines is 2. The highest BCUT2D eigenvalue weighted by atomic mass is 35.5. The van der Waals surface area contributed by atoms with Crippen molar-refractivity contribution in [3.8, 4) is 0 Å². The fourth-order valence-corrected chi connectivity index (χ4v) is 0.870. The van der Waals surface area contributed by atoms with Crippen molar-refractivity contribution in [2.45, 2.75) is 13.3 Å². The zero-order chi connectivity index (χ0) is 8.10. The maximum Gasteiger partial charge on any atom is 0.0341 e. The standard InChI is InChI=1S/C9H14N2.ClH/c1-2-7-11-9-5-3-8(10)4-6-9;/h3-6,11H,2,7,10H2,1H3;1H. The van der Waals surface area contributed by atoms with Crippen LogP contribution in [0.1, 0.15) is 13.3 Å². The molecule has 0 saturated heterocycles. The summed E-state index contributed by atoms with van der Waals surface area (Å²) >= 11 is 0. The lowest BCUT2D eigenvalue weighted by molar-refractivity contribution is 0.980. The Labute approximate surface area is 79.6 Å². The lowest BCUT2D eigenvalue weighted by Crippen LogP contribution is -1.99. The van der Waals surface area contributed by atoms with Crippen molar-refractivity contribution in [2.75, 3.05) is 17.6 Å². The highest BCUT2D eigenvalue weighted by Gasteiger charge is 1.88. The van der Waals surface area contributed by atoms with Gasteiger partial charge in [0, 0.05) is 17.9 Å². The minimum absolute atomic E-state index is 0. The molecule has 0 aliphatic heterocycles. The number of rotatable bonds is 3. The van der Waals surface area contributed by atoms with Crippen LogP contribution < -0.4 is 11.1 Å². The summed E-state index contributed by atoms with van der Waals surface area (Å²) in [6, 6.07) is 7.78. The molecule has 0 amide bonds. The number of nitrogens with one attached hydrogen (secondary N) is 1. The molecule has 0 spiro atoms. The van der Waals surface area contributed by atoms with Crippen LogP contribution in [0.5, 0.6) is 0 Å². The molecule has 0 aromatic heterocycles. The largest absolute Gasteiger partial charge is 0.399 e. The van der Waals surface area contributed by atoms with Crippen molar-refractivity contribution < 1.29 is 0 Å². The predicted molar refractivity (Wildman–Crippen MR) is 56.9 cm³/mol. The van der Waals surface area contributed by atoms with Gasteiger partial charge in [-0.25, -0.2) is 0 Å². The molecule has 0 saturated carbocycles. The van der Waals surface area contributed by atoms with Crippen molar-refractivity contribution in [1.29, 1.82) is 0 Å². The fourth-order valence-electron chi connectivity index (χ4n) is 0.870. The third kappa shape index (κ3) is 3.49. The summed E-state index contributed by atoms with van der Waals surface area (Å²) in [5.74, 6) is 0. The SMILES string of the molecule is CCCNc1ccc(N)cc1.Cl. The molecule has 0 heterocycles. The average molecular weight is 187 g/mol. The first-order valence-electron chi connectivity index (χ1n) is 3.92. The van der Waals surface area contributed by atoms with E-state index >= 15 is 0 Å². The maximum absolute atomic E-state index is 5.53. The molecule has 0 aliphatic carbocycles. The van der Waals surface area contributed by atoms with E-state index in [9.17, 15) is 0 Å². The number of benzene rings is 1. The van der Waals surface area contributed by atoms with Crippen molar-refractivity contribution in [2.24, 2.45) is 0 Å². The fraction of sp³-hybridized carbons (Fsp3) is 0.333. The number of hydrogen-bond donors (Lipinski definition) is 2.